The van der Waals surface area contributed by atoms with E-state index in [1.807, 2.05) is 38.1 Å². The summed E-state index contributed by atoms with van der Waals surface area (Å²) < 4.78 is 33.0. The lowest BCUT2D eigenvalue weighted by molar-refractivity contribution is 0.101. The molecule has 1 aromatic heterocycles. The maximum Gasteiger partial charge on any atom is 0.262 e. The molecule has 3 aromatic rings. The second-order valence-electron chi connectivity index (χ2n) is 6.45. The molecule has 1 N–H and O–H groups in total. The van der Waals surface area contributed by atoms with E-state index in [0.29, 0.717) is 5.76 Å². The number of carbonyl (C=O) groups is 1. The minimum absolute atomic E-state index is 0.185. The highest BCUT2D eigenvalue weighted by Gasteiger charge is 2.17. The van der Waals surface area contributed by atoms with Gasteiger partial charge in [-0.05, 0) is 61.4 Å². The number of ether oxygens (including phenoxy) is 1. The SMILES string of the molecule is C=CO/C(=C\C)c1ccc(C)c(-c2ccc(NC(=O)c3c(F)cccc3F)nc2)c1. The van der Waals surface area contributed by atoms with Crippen molar-refractivity contribution in [1.82, 2.24) is 4.98 Å². The number of aromatic nitrogens is 1. The van der Waals surface area contributed by atoms with Crippen LogP contribution in [0.5, 0.6) is 0 Å². The molecular weight excluding hydrogens is 386 g/mol. The fourth-order valence-electron chi connectivity index (χ4n) is 3.00. The Morgan fingerprint density at radius 1 is 1.13 bits per heavy atom. The van der Waals surface area contributed by atoms with Gasteiger partial charge in [0.2, 0.25) is 0 Å². The fourth-order valence-corrected chi connectivity index (χ4v) is 3.00. The Bertz CT molecular complexity index is 1100. The van der Waals surface area contributed by atoms with Crippen molar-refractivity contribution in [2.75, 3.05) is 5.32 Å². The van der Waals surface area contributed by atoms with Crippen LogP contribution in [0, 0.1) is 18.6 Å². The molecule has 0 fully saturated rings. The second-order valence-corrected chi connectivity index (χ2v) is 6.45. The van der Waals surface area contributed by atoms with Crippen LogP contribution in [-0.2, 0) is 4.74 Å². The van der Waals surface area contributed by atoms with Crippen molar-refractivity contribution < 1.29 is 18.3 Å². The first kappa shape index (κ1) is 20.9. The van der Waals surface area contributed by atoms with Crippen LogP contribution >= 0.6 is 0 Å². The fraction of sp³-hybridized carbons (Fsp3) is 0.0833. The van der Waals surface area contributed by atoms with E-state index in [1.165, 1.54) is 12.3 Å². The summed E-state index contributed by atoms with van der Waals surface area (Å²) >= 11 is 0. The molecule has 0 saturated heterocycles. The number of nitrogens with one attached hydrogen (secondary N) is 1. The molecule has 0 unspecified atom stereocenters. The standard InChI is InChI=1S/C24H20F2N2O2/c1-4-21(30-5-2)16-10-9-15(3)18(13-16)17-11-12-22(27-14-17)28-24(29)23-19(25)7-6-8-20(23)26/h4-14H,2H2,1,3H3,(H,27,28,29)/b21-4-. The second kappa shape index (κ2) is 9.13. The lowest BCUT2D eigenvalue weighted by Crippen LogP contribution is -2.16. The number of allylic oxidation sites excluding steroid dienone is 1. The first-order chi connectivity index (χ1) is 14.4. The molecule has 4 nitrogen and oxygen atoms in total. The molecule has 6 heteroatoms. The Kier molecular flexibility index (Phi) is 6.37. The normalized spacial score (nSPS) is 11.1. The lowest BCUT2D eigenvalue weighted by atomic mass is 9.98. The Morgan fingerprint density at radius 2 is 1.87 bits per heavy atom. The van der Waals surface area contributed by atoms with Gasteiger partial charge in [0.25, 0.3) is 5.91 Å². The van der Waals surface area contributed by atoms with Crippen LogP contribution in [-0.4, -0.2) is 10.9 Å². The van der Waals surface area contributed by atoms with Crippen molar-refractivity contribution in [2.24, 2.45) is 0 Å². The highest BCUT2D eigenvalue weighted by Crippen LogP contribution is 2.28. The van der Waals surface area contributed by atoms with Crippen molar-refractivity contribution in [3.05, 3.63) is 102 Å². The van der Waals surface area contributed by atoms with E-state index in [-0.39, 0.29) is 5.82 Å². The van der Waals surface area contributed by atoms with Crippen LogP contribution in [0.4, 0.5) is 14.6 Å². The van der Waals surface area contributed by atoms with E-state index >= 15 is 0 Å². The van der Waals surface area contributed by atoms with E-state index in [0.717, 1.165) is 34.4 Å². The van der Waals surface area contributed by atoms with Crippen LogP contribution in [0.3, 0.4) is 0 Å². The molecular formula is C24H20F2N2O2. The Morgan fingerprint density at radius 3 is 2.47 bits per heavy atom. The molecule has 0 aliphatic carbocycles. The largest absolute Gasteiger partial charge is 0.465 e. The highest BCUT2D eigenvalue weighted by molar-refractivity contribution is 6.04. The summed E-state index contributed by atoms with van der Waals surface area (Å²) in [5.41, 5.74) is 3.02. The van der Waals surface area contributed by atoms with Crippen molar-refractivity contribution in [1.29, 1.82) is 0 Å². The van der Waals surface area contributed by atoms with Crippen molar-refractivity contribution in [3.8, 4) is 11.1 Å². The van der Waals surface area contributed by atoms with Gasteiger partial charge >= 0.3 is 0 Å². The topological polar surface area (TPSA) is 51.2 Å². The molecule has 1 amide bonds. The zero-order valence-electron chi connectivity index (χ0n) is 16.6. The molecule has 0 atom stereocenters. The third kappa shape index (κ3) is 4.43. The molecule has 152 valence electrons. The van der Waals surface area contributed by atoms with Gasteiger partial charge < -0.3 is 10.1 Å². The zero-order chi connectivity index (χ0) is 21.7. The number of hydrogen-bond donors (Lipinski definition) is 1. The summed E-state index contributed by atoms with van der Waals surface area (Å²) in [4.78, 5) is 16.4. The van der Waals surface area contributed by atoms with Crippen molar-refractivity contribution >= 4 is 17.5 Å². The maximum absolute atomic E-state index is 13.8. The van der Waals surface area contributed by atoms with Gasteiger partial charge in [0.1, 0.15) is 28.8 Å². The van der Waals surface area contributed by atoms with Gasteiger partial charge in [-0.2, -0.15) is 0 Å². The minimum atomic E-state index is -0.932. The van der Waals surface area contributed by atoms with Crippen LogP contribution in [0.15, 0.2) is 73.6 Å². The number of benzene rings is 2. The van der Waals surface area contributed by atoms with Crippen LogP contribution in [0.25, 0.3) is 16.9 Å². The number of aryl methyl sites for hydroxylation is 1. The van der Waals surface area contributed by atoms with E-state index in [2.05, 4.69) is 16.9 Å². The first-order valence-electron chi connectivity index (χ1n) is 9.21. The van der Waals surface area contributed by atoms with E-state index < -0.39 is 23.1 Å². The molecule has 0 aliphatic rings. The smallest absolute Gasteiger partial charge is 0.262 e. The average molecular weight is 406 g/mol. The van der Waals surface area contributed by atoms with Crippen LogP contribution < -0.4 is 5.32 Å². The monoisotopic (exact) mass is 406 g/mol. The molecule has 0 aliphatic heterocycles. The zero-order valence-corrected chi connectivity index (χ0v) is 16.6. The van der Waals surface area contributed by atoms with Crippen LogP contribution in [0.2, 0.25) is 0 Å². The maximum atomic E-state index is 13.8. The number of nitrogens with zero attached hydrogens (tertiary/aromatic N) is 1. The summed E-state index contributed by atoms with van der Waals surface area (Å²) in [6.45, 7) is 7.43. The van der Waals surface area contributed by atoms with Crippen LogP contribution in [0.1, 0.15) is 28.4 Å². The lowest BCUT2D eigenvalue weighted by Gasteiger charge is -2.12. The van der Waals surface area contributed by atoms with Gasteiger partial charge in [0.05, 0.1) is 6.26 Å². The number of anilines is 1. The summed E-state index contributed by atoms with van der Waals surface area (Å²) in [6, 6.07) is 12.5. The molecule has 1 heterocycles. The summed E-state index contributed by atoms with van der Waals surface area (Å²) in [5, 5.41) is 2.42. The predicted octanol–water partition coefficient (Wildman–Crippen LogP) is 6.11. The molecule has 3 rings (SSSR count). The van der Waals surface area contributed by atoms with Gasteiger partial charge in [0.15, 0.2) is 0 Å². The number of carbonyl (C=O) groups excluding carboxylic acids is 1. The van der Waals surface area contributed by atoms with Gasteiger partial charge in [-0.3, -0.25) is 4.79 Å². The highest BCUT2D eigenvalue weighted by atomic mass is 19.1. The third-order valence-corrected chi connectivity index (χ3v) is 4.50. The van der Waals surface area contributed by atoms with Gasteiger partial charge in [0, 0.05) is 17.3 Å². The Balaban J connectivity index is 1.86. The first-order valence-corrected chi connectivity index (χ1v) is 9.21. The van der Waals surface area contributed by atoms with Gasteiger partial charge in [-0.25, -0.2) is 13.8 Å². The average Bonchev–Trinajstić information content (AvgIpc) is 2.73. The van der Waals surface area contributed by atoms with E-state index in [1.54, 1.807) is 18.3 Å². The molecule has 2 aromatic carbocycles. The number of hydrogen-bond acceptors (Lipinski definition) is 3. The van der Waals surface area contributed by atoms with Gasteiger partial charge in [-0.15, -0.1) is 0 Å². The number of pyridine rings is 1. The number of halogens is 2. The Hall–Kier alpha value is -3.80. The molecule has 0 bridgehead atoms. The van der Waals surface area contributed by atoms with Gasteiger partial charge in [-0.1, -0.05) is 24.8 Å². The quantitative estimate of drug-likeness (QED) is 0.503. The molecule has 0 spiro atoms. The predicted molar refractivity (Wildman–Crippen MR) is 114 cm³/mol. The molecule has 0 radical (unpaired) electrons. The molecule has 0 saturated carbocycles. The summed E-state index contributed by atoms with van der Waals surface area (Å²) in [7, 11) is 0. The number of rotatable bonds is 6. The van der Waals surface area contributed by atoms with Crippen molar-refractivity contribution in [2.45, 2.75) is 13.8 Å². The van der Waals surface area contributed by atoms with Crippen molar-refractivity contribution in [3.63, 3.8) is 0 Å². The summed E-state index contributed by atoms with van der Waals surface area (Å²) in [6.07, 6.45) is 4.80. The number of amides is 1. The summed E-state index contributed by atoms with van der Waals surface area (Å²) in [5.74, 6) is -1.90. The Labute approximate surface area is 173 Å². The third-order valence-electron chi connectivity index (χ3n) is 4.50. The van der Waals surface area contributed by atoms with E-state index in [4.69, 9.17) is 4.74 Å². The van der Waals surface area contributed by atoms with E-state index in [9.17, 15) is 13.6 Å². The minimum Gasteiger partial charge on any atom is -0.465 e. The molecule has 30 heavy (non-hydrogen) atoms.